The molecular weight excluding hydrogens is 244 g/mol. The van der Waals surface area contributed by atoms with Crippen LogP contribution in [-0.2, 0) is 4.74 Å². The summed E-state index contributed by atoms with van der Waals surface area (Å²) >= 11 is 0. The molecule has 1 aliphatic rings. The van der Waals surface area contributed by atoms with E-state index in [1.807, 2.05) is 20.8 Å². The van der Waals surface area contributed by atoms with Crippen molar-refractivity contribution in [1.29, 1.82) is 0 Å². The van der Waals surface area contributed by atoms with E-state index in [0.717, 1.165) is 5.69 Å². The van der Waals surface area contributed by atoms with E-state index in [1.165, 1.54) is 0 Å². The minimum Gasteiger partial charge on any atom is -0.447 e. The van der Waals surface area contributed by atoms with Gasteiger partial charge in [-0.3, -0.25) is 9.69 Å². The lowest BCUT2D eigenvalue weighted by Crippen LogP contribution is -2.40. The Bertz CT molecular complexity index is 488. The molecule has 0 unspecified atom stereocenters. The van der Waals surface area contributed by atoms with Gasteiger partial charge in [-0.25, -0.2) is 4.79 Å². The molecular formula is C14H18N2O3. The third-order valence-electron chi connectivity index (χ3n) is 2.69. The van der Waals surface area contributed by atoms with Crippen LogP contribution in [0, 0.1) is 0 Å². The standard InChI is InChI=1S/C14H18N2O3/c1-14(2,3)15-12(17)10-4-6-11(7-5-10)16-8-9-19-13(16)18/h4-7H,8-9H2,1-3H3,(H,15,17). The van der Waals surface area contributed by atoms with Crippen LogP contribution >= 0.6 is 0 Å². The van der Waals surface area contributed by atoms with Gasteiger partial charge in [-0.15, -0.1) is 0 Å². The van der Waals surface area contributed by atoms with Gasteiger partial charge in [-0.2, -0.15) is 0 Å². The zero-order valence-corrected chi connectivity index (χ0v) is 11.4. The van der Waals surface area contributed by atoms with Crippen molar-refractivity contribution in [3.8, 4) is 0 Å². The largest absolute Gasteiger partial charge is 0.447 e. The molecule has 0 aromatic heterocycles. The van der Waals surface area contributed by atoms with Gasteiger partial charge in [0, 0.05) is 16.8 Å². The Balaban J connectivity index is 2.10. The molecule has 1 aliphatic heterocycles. The zero-order valence-electron chi connectivity index (χ0n) is 11.4. The lowest BCUT2D eigenvalue weighted by Gasteiger charge is -2.20. The summed E-state index contributed by atoms with van der Waals surface area (Å²) in [6.45, 7) is 6.75. The zero-order chi connectivity index (χ0) is 14.0. The molecule has 5 nitrogen and oxygen atoms in total. The van der Waals surface area contributed by atoms with Gasteiger partial charge in [0.15, 0.2) is 0 Å². The first-order valence-electron chi connectivity index (χ1n) is 6.24. The fraction of sp³-hybridized carbons (Fsp3) is 0.429. The molecule has 1 fully saturated rings. The Labute approximate surface area is 112 Å². The number of anilines is 1. The second kappa shape index (κ2) is 4.91. The SMILES string of the molecule is CC(C)(C)NC(=O)c1ccc(N2CCOC2=O)cc1. The Morgan fingerprint density at radius 3 is 2.37 bits per heavy atom. The van der Waals surface area contributed by atoms with Gasteiger partial charge in [0.2, 0.25) is 0 Å². The average molecular weight is 262 g/mol. The molecule has 5 heteroatoms. The van der Waals surface area contributed by atoms with Crippen LogP contribution in [-0.4, -0.2) is 30.7 Å². The number of hydrogen-bond donors (Lipinski definition) is 1. The lowest BCUT2D eigenvalue weighted by molar-refractivity contribution is 0.0919. The first-order valence-corrected chi connectivity index (χ1v) is 6.24. The van der Waals surface area contributed by atoms with Crippen molar-refractivity contribution in [1.82, 2.24) is 5.32 Å². The Morgan fingerprint density at radius 1 is 1.26 bits per heavy atom. The maximum atomic E-state index is 11.9. The number of hydrogen-bond acceptors (Lipinski definition) is 3. The number of nitrogens with one attached hydrogen (secondary N) is 1. The monoisotopic (exact) mass is 262 g/mol. The van der Waals surface area contributed by atoms with Gasteiger partial charge in [-0.05, 0) is 45.0 Å². The van der Waals surface area contributed by atoms with Gasteiger partial charge in [0.25, 0.3) is 5.91 Å². The number of amides is 2. The molecule has 0 bridgehead atoms. The number of cyclic esters (lactones) is 1. The molecule has 1 N–H and O–H groups in total. The first-order chi connectivity index (χ1) is 8.87. The Hall–Kier alpha value is -2.04. The van der Waals surface area contributed by atoms with E-state index in [0.29, 0.717) is 18.7 Å². The third-order valence-corrected chi connectivity index (χ3v) is 2.69. The molecule has 0 atom stereocenters. The predicted octanol–water partition coefficient (Wildman–Crippen LogP) is 2.17. The third kappa shape index (κ3) is 3.24. The summed E-state index contributed by atoms with van der Waals surface area (Å²) in [6.07, 6.45) is -0.341. The van der Waals surface area contributed by atoms with Crippen LogP contribution in [0.5, 0.6) is 0 Å². The van der Waals surface area contributed by atoms with E-state index in [-0.39, 0.29) is 17.5 Å². The summed E-state index contributed by atoms with van der Waals surface area (Å²) in [4.78, 5) is 24.9. The van der Waals surface area contributed by atoms with Crippen LogP contribution < -0.4 is 10.2 Å². The summed E-state index contributed by atoms with van der Waals surface area (Å²) in [5.41, 5.74) is 1.05. The summed E-state index contributed by atoms with van der Waals surface area (Å²) in [7, 11) is 0. The van der Waals surface area contributed by atoms with Gasteiger partial charge in [-0.1, -0.05) is 0 Å². The van der Waals surface area contributed by atoms with E-state index in [4.69, 9.17) is 4.74 Å². The Morgan fingerprint density at radius 2 is 1.89 bits per heavy atom. The van der Waals surface area contributed by atoms with Gasteiger partial charge in [0.05, 0.1) is 6.54 Å². The molecule has 2 rings (SSSR count). The van der Waals surface area contributed by atoms with Crippen LogP contribution in [0.15, 0.2) is 24.3 Å². The van der Waals surface area contributed by atoms with Crippen molar-refractivity contribution in [2.45, 2.75) is 26.3 Å². The van der Waals surface area contributed by atoms with Crippen molar-refractivity contribution in [2.24, 2.45) is 0 Å². The number of carbonyl (C=O) groups excluding carboxylic acids is 2. The highest BCUT2D eigenvalue weighted by atomic mass is 16.6. The Kier molecular flexibility index (Phi) is 3.46. The van der Waals surface area contributed by atoms with Gasteiger partial charge >= 0.3 is 6.09 Å². The highest BCUT2D eigenvalue weighted by Gasteiger charge is 2.23. The van der Waals surface area contributed by atoms with E-state index < -0.39 is 0 Å². The number of nitrogens with zero attached hydrogens (tertiary/aromatic N) is 1. The average Bonchev–Trinajstić information content (AvgIpc) is 2.73. The van der Waals surface area contributed by atoms with Crippen molar-refractivity contribution in [3.05, 3.63) is 29.8 Å². The van der Waals surface area contributed by atoms with Gasteiger partial charge in [0.1, 0.15) is 6.61 Å². The second-order valence-electron chi connectivity index (χ2n) is 5.52. The maximum absolute atomic E-state index is 11.9. The van der Waals surface area contributed by atoms with Crippen molar-refractivity contribution in [3.63, 3.8) is 0 Å². The van der Waals surface area contributed by atoms with Crippen LogP contribution in [0.1, 0.15) is 31.1 Å². The molecule has 1 aromatic carbocycles. The van der Waals surface area contributed by atoms with E-state index in [1.54, 1.807) is 29.2 Å². The minimum atomic E-state index is -0.341. The van der Waals surface area contributed by atoms with Crippen molar-refractivity contribution >= 4 is 17.7 Å². The summed E-state index contributed by atoms with van der Waals surface area (Å²) in [6, 6.07) is 6.93. The molecule has 1 heterocycles. The van der Waals surface area contributed by atoms with Crippen LogP contribution in [0.25, 0.3) is 0 Å². The molecule has 1 saturated heterocycles. The van der Waals surface area contributed by atoms with E-state index in [9.17, 15) is 9.59 Å². The summed E-state index contributed by atoms with van der Waals surface area (Å²) < 4.78 is 4.87. The quantitative estimate of drug-likeness (QED) is 0.888. The topological polar surface area (TPSA) is 58.6 Å². The first kappa shape index (κ1) is 13.4. The van der Waals surface area contributed by atoms with Gasteiger partial charge < -0.3 is 10.1 Å². The van der Waals surface area contributed by atoms with Crippen LogP contribution in [0.3, 0.4) is 0 Å². The fourth-order valence-electron chi connectivity index (χ4n) is 1.83. The van der Waals surface area contributed by atoms with Crippen molar-refractivity contribution in [2.75, 3.05) is 18.1 Å². The molecule has 0 aliphatic carbocycles. The van der Waals surface area contributed by atoms with Crippen molar-refractivity contribution < 1.29 is 14.3 Å². The molecule has 1 aromatic rings. The predicted molar refractivity (Wildman–Crippen MR) is 72.4 cm³/mol. The molecule has 19 heavy (non-hydrogen) atoms. The molecule has 0 spiro atoms. The molecule has 0 saturated carbocycles. The van der Waals surface area contributed by atoms with Crippen LogP contribution in [0.2, 0.25) is 0 Å². The lowest BCUT2D eigenvalue weighted by atomic mass is 10.1. The van der Waals surface area contributed by atoms with E-state index in [2.05, 4.69) is 5.32 Å². The molecule has 0 radical (unpaired) electrons. The number of rotatable bonds is 2. The fourth-order valence-corrected chi connectivity index (χ4v) is 1.83. The smallest absolute Gasteiger partial charge is 0.414 e. The molecule has 102 valence electrons. The molecule has 2 amide bonds. The summed E-state index contributed by atoms with van der Waals surface area (Å²) in [5, 5.41) is 2.89. The van der Waals surface area contributed by atoms with Crippen LogP contribution in [0.4, 0.5) is 10.5 Å². The highest BCUT2D eigenvalue weighted by molar-refractivity contribution is 5.96. The number of carbonyl (C=O) groups is 2. The normalized spacial score (nSPS) is 15.3. The van der Waals surface area contributed by atoms with E-state index >= 15 is 0 Å². The number of benzene rings is 1. The summed E-state index contributed by atoms with van der Waals surface area (Å²) in [5.74, 6) is -0.122. The highest BCUT2D eigenvalue weighted by Crippen LogP contribution is 2.19. The number of ether oxygens (including phenoxy) is 1. The second-order valence-corrected chi connectivity index (χ2v) is 5.52. The minimum absolute atomic E-state index is 0.122. The maximum Gasteiger partial charge on any atom is 0.414 e.